The van der Waals surface area contributed by atoms with Crippen molar-refractivity contribution in [3.63, 3.8) is 0 Å². The Morgan fingerprint density at radius 2 is 2.08 bits per heavy atom. The summed E-state index contributed by atoms with van der Waals surface area (Å²) in [7, 11) is 0. The fourth-order valence-corrected chi connectivity index (χ4v) is 8.68. The summed E-state index contributed by atoms with van der Waals surface area (Å²) in [5, 5.41) is 10.1. The Hall–Kier alpha value is -2.40. The molecular formula is C32H40ClN5O2. The van der Waals surface area contributed by atoms with E-state index in [4.69, 9.17) is 31.0 Å². The van der Waals surface area contributed by atoms with Crippen molar-refractivity contribution in [1.82, 2.24) is 14.9 Å². The van der Waals surface area contributed by atoms with E-state index in [1.165, 1.54) is 43.5 Å². The van der Waals surface area contributed by atoms with Gasteiger partial charge in [0.25, 0.3) is 0 Å². The van der Waals surface area contributed by atoms with Gasteiger partial charge < -0.3 is 14.4 Å². The number of anilines is 1. The molecule has 4 atom stereocenters. The lowest BCUT2D eigenvalue weighted by molar-refractivity contribution is -0.0730. The van der Waals surface area contributed by atoms with Crippen LogP contribution >= 0.6 is 11.6 Å². The minimum Gasteiger partial charge on any atom is -0.461 e. The van der Waals surface area contributed by atoms with Crippen molar-refractivity contribution in [1.29, 1.82) is 5.26 Å². The van der Waals surface area contributed by atoms with Crippen molar-refractivity contribution in [3.05, 3.63) is 45.6 Å². The van der Waals surface area contributed by atoms with Gasteiger partial charge in [-0.1, -0.05) is 30.7 Å². The summed E-state index contributed by atoms with van der Waals surface area (Å²) >= 11 is 6.60. The second-order valence-electron chi connectivity index (χ2n) is 13.0. The molecule has 2 unspecified atom stereocenters. The van der Waals surface area contributed by atoms with Crippen molar-refractivity contribution in [2.45, 2.75) is 88.9 Å². The fraction of sp³-hybridized carbons (Fsp3) is 0.656. The molecule has 3 saturated heterocycles. The van der Waals surface area contributed by atoms with Crippen LogP contribution in [0.2, 0.25) is 5.02 Å². The summed E-state index contributed by atoms with van der Waals surface area (Å²) < 4.78 is 13.3. The van der Waals surface area contributed by atoms with Gasteiger partial charge in [0.15, 0.2) is 0 Å². The summed E-state index contributed by atoms with van der Waals surface area (Å²) in [4.78, 5) is 15.2. The number of halogens is 1. The predicted molar refractivity (Wildman–Crippen MR) is 155 cm³/mol. The molecule has 7 nitrogen and oxygen atoms in total. The normalized spacial score (nSPS) is 31.5. The zero-order valence-electron chi connectivity index (χ0n) is 23.6. The first kappa shape index (κ1) is 26.5. The molecule has 1 spiro atoms. The van der Waals surface area contributed by atoms with Crippen molar-refractivity contribution >= 4 is 17.4 Å². The lowest BCUT2D eigenvalue weighted by atomic mass is 9.87. The van der Waals surface area contributed by atoms with E-state index in [-0.39, 0.29) is 5.54 Å². The van der Waals surface area contributed by atoms with Crippen molar-refractivity contribution in [3.8, 4) is 12.1 Å². The second-order valence-corrected chi connectivity index (χ2v) is 13.4. The molecule has 8 heteroatoms. The average Bonchev–Trinajstić information content (AvgIpc) is 3.52. The molecule has 1 aromatic carbocycles. The van der Waals surface area contributed by atoms with Gasteiger partial charge in [0.05, 0.1) is 29.5 Å². The molecule has 1 aromatic heterocycles. The monoisotopic (exact) mass is 561 g/mol. The van der Waals surface area contributed by atoms with Crippen LogP contribution in [-0.4, -0.2) is 53.2 Å². The average molecular weight is 562 g/mol. The zero-order valence-corrected chi connectivity index (χ0v) is 24.4. The number of benzene rings is 1. The van der Waals surface area contributed by atoms with Crippen LogP contribution in [0.15, 0.2) is 18.2 Å². The van der Waals surface area contributed by atoms with E-state index in [0.717, 1.165) is 67.3 Å². The number of ether oxygens (including phenoxy) is 2. The van der Waals surface area contributed by atoms with Gasteiger partial charge in [0.2, 0.25) is 0 Å². The van der Waals surface area contributed by atoms with Crippen LogP contribution in [-0.2, 0) is 29.8 Å². The Bertz CT molecular complexity index is 1330. The molecule has 0 saturated carbocycles. The van der Waals surface area contributed by atoms with Crippen molar-refractivity contribution < 1.29 is 9.47 Å². The lowest BCUT2D eigenvalue weighted by Gasteiger charge is -2.37. The molecule has 3 fully saturated rings. The summed E-state index contributed by atoms with van der Waals surface area (Å²) in [6.07, 6.45) is 9.96. The van der Waals surface area contributed by atoms with Gasteiger partial charge in [0.1, 0.15) is 12.4 Å². The fourth-order valence-electron chi connectivity index (χ4n) is 8.41. The quantitative estimate of drug-likeness (QED) is 0.455. The highest BCUT2D eigenvalue weighted by atomic mass is 35.5. The van der Waals surface area contributed by atoms with Gasteiger partial charge >= 0.3 is 6.01 Å². The van der Waals surface area contributed by atoms with Crippen LogP contribution < -0.4 is 9.64 Å². The molecular weight excluding hydrogens is 522 g/mol. The van der Waals surface area contributed by atoms with E-state index >= 15 is 0 Å². The van der Waals surface area contributed by atoms with E-state index in [1.807, 2.05) is 12.1 Å². The van der Waals surface area contributed by atoms with Crippen LogP contribution in [0.1, 0.15) is 80.7 Å². The van der Waals surface area contributed by atoms with Crippen LogP contribution in [0.3, 0.4) is 0 Å². The number of rotatable bonds is 5. The standard InChI is InChI=1S/C32H40ClN5O2/c1-22-17-31(11-4-15-38(31)19-22)21-39-30-35-28-18-32(12-8-24-26(32)6-2-7-27(24)33)40-20-25(28)29(36-30)37-14-3-5-23(9-13-34)10-16-37/h2,6-7,22-23H,3-5,8-12,14-21H2,1H3/t22-,23?,31+,32?/m1/s1. The Labute approximate surface area is 242 Å². The van der Waals surface area contributed by atoms with Crippen LogP contribution in [0, 0.1) is 23.2 Å². The first-order chi connectivity index (χ1) is 19.5. The van der Waals surface area contributed by atoms with E-state index in [9.17, 15) is 5.26 Å². The minimum atomic E-state index is -0.394. The highest BCUT2D eigenvalue weighted by Gasteiger charge is 2.48. The van der Waals surface area contributed by atoms with Crippen molar-refractivity contribution in [2.24, 2.45) is 11.8 Å². The summed E-state index contributed by atoms with van der Waals surface area (Å²) in [6.45, 7) is 7.67. The summed E-state index contributed by atoms with van der Waals surface area (Å²) in [5.41, 5.74) is 4.30. The van der Waals surface area contributed by atoms with E-state index in [0.29, 0.717) is 43.9 Å². The van der Waals surface area contributed by atoms with Gasteiger partial charge in [-0.05, 0) is 86.9 Å². The summed E-state index contributed by atoms with van der Waals surface area (Å²) in [6, 6.07) is 9.09. The maximum absolute atomic E-state index is 9.28. The van der Waals surface area contributed by atoms with Crippen LogP contribution in [0.5, 0.6) is 6.01 Å². The molecule has 2 aromatic rings. The Morgan fingerprint density at radius 3 is 2.98 bits per heavy atom. The predicted octanol–water partition coefficient (Wildman–Crippen LogP) is 5.82. The van der Waals surface area contributed by atoms with Crippen molar-refractivity contribution in [2.75, 3.05) is 37.7 Å². The first-order valence-corrected chi connectivity index (χ1v) is 15.7. The third kappa shape index (κ3) is 4.57. The topological polar surface area (TPSA) is 74.5 Å². The molecule has 0 amide bonds. The van der Waals surface area contributed by atoms with Gasteiger partial charge in [-0.15, -0.1) is 0 Å². The molecule has 212 valence electrons. The van der Waals surface area contributed by atoms with Crippen LogP contribution in [0.25, 0.3) is 0 Å². The molecule has 1 aliphatic carbocycles. The van der Waals surface area contributed by atoms with E-state index < -0.39 is 5.60 Å². The number of aromatic nitrogens is 2. The number of hydrogen-bond donors (Lipinski definition) is 0. The number of nitriles is 1. The zero-order chi connectivity index (χ0) is 27.3. The third-order valence-electron chi connectivity index (χ3n) is 10.4. The van der Waals surface area contributed by atoms with Gasteiger partial charge in [-0.3, -0.25) is 4.90 Å². The summed E-state index contributed by atoms with van der Waals surface area (Å²) in [5.74, 6) is 2.13. The Balaban J connectivity index is 1.22. The highest BCUT2D eigenvalue weighted by molar-refractivity contribution is 6.31. The lowest BCUT2D eigenvalue weighted by Crippen LogP contribution is -2.43. The van der Waals surface area contributed by atoms with E-state index in [2.05, 4.69) is 28.9 Å². The van der Waals surface area contributed by atoms with Crippen LogP contribution in [0.4, 0.5) is 5.82 Å². The molecule has 4 aliphatic heterocycles. The van der Waals surface area contributed by atoms with Gasteiger partial charge in [-0.2, -0.15) is 15.2 Å². The van der Waals surface area contributed by atoms with Gasteiger partial charge in [-0.25, -0.2) is 0 Å². The highest BCUT2D eigenvalue weighted by Crippen LogP contribution is 2.49. The number of nitrogens with zero attached hydrogens (tertiary/aromatic N) is 5. The SMILES string of the molecule is C[C@H]1CN2CCC[C@@]2(COc2nc3c(c(N4CCCC(CC#N)CC4)n2)COC2(CCc4c(Cl)cccc42)C3)C1. The Kier molecular flexibility index (Phi) is 6.93. The second kappa shape index (κ2) is 10.5. The Morgan fingerprint density at radius 1 is 1.15 bits per heavy atom. The first-order valence-electron chi connectivity index (χ1n) is 15.3. The molecule has 40 heavy (non-hydrogen) atoms. The molecule has 0 bridgehead atoms. The number of fused-ring (bicyclic) bond motifs is 4. The molecule has 7 rings (SSSR count). The van der Waals surface area contributed by atoms with Gasteiger partial charge in [0, 0.05) is 43.1 Å². The third-order valence-corrected chi connectivity index (χ3v) is 10.7. The minimum absolute atomic E-state index is 0.122. The van der Waals surface area contributed by atoms with E-state index in [1.54, 1.807) is 0 Å². The number of hydrogen-bond acceptors (Lipinski definition) is 7. The molecule has 5 heterocycles. The molecule has 0 N–H and O–H groups in total. The molecule has 0 radical (unpaired) electrons. The maximum Gasteiger partial charge on any atom is 0.318 e. The smallest absolute Gasteiger partial charge is 0.318 e. The largest absolute Gasteiger partial charge is 0.461 e. The maximum atomic E-state index is 9.28. The molecule has 5 aliphatic rings.